The zero-order chi connectivity index (χ0) is 19.5. The number of carbonyl (C=O) groups is 1. The van der Waals surface area contributed by atoms with Crippen LogP contribution in [0.5, 0.6) is 11.5 Å². The van der Waals surface area contributed by atoms with Crippen LogP contribution in [0.3, 0.4) is 0 Å². The first-order valence-corrected chi connectivity index (χ1v) is 9.87. The predicted octanol–water partition coefficient (Wildman–Crippen LogP) is 3.29. The van der Waals surface area contributed by atoms with Gasteiger partial charge < -0.3 is 19.4 Å². The van der Waals surface area contributed by atoms with Crippen molar-refractivity contribution in [3.63, 3.8) is 0 Å². The number of aromatic nitrogens is 3. The van der Waals surface area contributed by atoms with E-state index in [9.17, 15) is 4.79 Å². The molecular weight excluding hydrogens is 376 g/mol. The van der Waals surface area contributed by atoms with Gasteiger partial charge in [0, 0.05) is 24.4 Å². The molecule has 1 amide bonds. The van der Waals surface area contributed by atoms with E-state index in [4.69, 9.17) is 9.47 Å². The molecule has 144 valence electrons. The SMILES string of the molecule is Cc1ccc(-c2nnc(SCC(=O)Nc3ccc4c(c3)OCCO4)n2C)cc1. The van der Waals surface area contributed by atoms with Gasteiger partial charge in [-0.25, -0.2) is 0 Å². The molecule has 0 saturated carbocycles. The first-order chi connectivity index (χ1) is 13.6. The van der Waals surface area contributed by atoms with Crippen molar-refractivity contribution in [2.24, 2.45) is 7.05 Å². The van der Waals surface area contributed by atoms with Gasteiger partial charge in [-0.3, -0.25) is 4.79 Å². The van der Waals surface area contributed by atoms with Crippen LogP contribution in [0.15, 0.2) is 47.6 Å². The Labute approximate surface area is 167 Å². The van der Waals surface area contributed by atoms with Gasteiger partial charge in [-0.15, -0.1) is 10.2 Å². The monoisotopic (exact) mass is 396 g/mol. The number of thioether (sulfide) groups is 1. The van der Waals surface area contributed by atoms with Crippen LogP contribution in [0.2, 0.25) is 0 Å². The van der Waals surface area contributed by atoms with Crippen LogP contribution >= 0.6 is 11.8 Å². The van der Waals surface area contributed by atoms with Gasteiger partial charge in [0.05, 0.1) is 5.75 Å². The fourth-order valence-electron chi connectivity index (χ4n) is 2.84. The van der Waals surface area contributed by atoms with Crippen LogP contribution in [0.25, 0.3) is 11.4 Å². The summed E-state index contributed by atoms with van der Waals surface area (Å²) in [6.45, 7) is 3.09. The number of aryl methyl sites for hydroxylation is 1. The molecule has 28 heavy (non-hydrogen) atoms. The van der Waals surface area contributed by atoms with Crippen molar-refractivity contribution < 1.29 is 14.3 Å². The smallest absolute Gasteiger partial charge is 0.234 e. The number of hydrogen-bond donors (Lipinski definition) is 1. The minimum absolute atomic E-state index is 0.124. The van der Waals surface area contributed by atoms with Crippen molar-refractivity contribution in [3.05, 3.63) is 48.0 Å². The molecule has 0 saturated heterocycles. The van der Waals surface area contributed by atoms with Gasteiger partial charge in [0.2, 0.25) is 5.91 Å². The van der Waals surface area contributed by atoms with Crippen molar-refractivity contribution in [1.29, 1.82) is 0 Å². The van der Waals surface area contributed by atoms with Crippen LogP contribution in [-0.2, 0) is 11.8 Å². The molecule has 1 aliphatic rings. The lowest BCUT2D eigenvalue weighted by molar-refractivity contribution is -0.113. The molecule has 2 heterocycles. The number of hydrogen-bond acceptors (Lipinski definition) is 6. The van der Waals surface area contributed by atoms with E-state index in [-0.39, 0.29) is 11.7 Å². The third-order valence-corrected chi connectivity index (χ3v) is 5.32. The fraction of sp³-hybridized carbons (Fsp3) is 0.250. The van der Waals surface area contributed by atoms with Crippen molar-refractivity contribution in [2.45, 2.75) is 12.1 Å². The highest BCUT2D eigenvalue weighted by Crippen LogP contribution is 2.32. The molecule has 0 spiro atoms. The fourth-order valence-corrected chi connectivity index (χ4v) is 3.55. The summed E-state index contributed by atoms with van der Waals surface area (Å²) in [6, 6.07) is 13.5. The molecule has 0 atom stereocenters. The molecule has 2 aromatic carbocycles. The van der Waals surface area contributed by atoms with Crippen LogP contribution < -0.4 is 14.8 Å². The Bertz CT molecular complexity index is 1000. The van der Waals surface area contributed by atoms with Crippen LogP contribution in [-0.4, -0.2) is 39.6 Å². The minimum atomic E-state index is -0.124. The zero-order valence-corrected chi connectivity index (χ0v) is 16.5. The lowest BCUT2D eigenvalue weighted by Crippen LogP contribution is -2.17. The predicted molar refractivity (Wildman–Crippen MR) is 108 cm³/mol. The first-order valence-electron chi connectivity index (χ1n) is 8.89. The maximum absolute atomic E-state index is 12.3. The standard InChI is InChI=1S/C20H20N4O3S/c1-13-3-5-14(6-4-13)19-22-23-20(24(19)2)28-12-18(25)21-15-7-8-16-17(11-15)27-10-9-26-16/h3-8,11H,9-10,12H2,1-2H3,(H,21,25). The number of ether oxygens (including phenoxy) is 2. The van der Waals surface area contributed by atoms with Gasteiger partial charge in [-0.1, -0.05) is 41.6 Å². The highest BCUT2D eigenvalue weighted by molar-refractivity contribution is 7.99. The molecule has 8 heteroatoms. The molecule has 0 aliphatic carbocycles. The second-order valence-corrected chi connectivity index (χ2v) is 7.37. The normalized spacial score (nSPS) is 12.6. The number of amides is 1. The zero-order valence-electron chi connectivity index (χ0n) is 15.6. The summed E-state index contributed by atoms with van der Waals surface area (Å²) in [5.74, 6) is 2.22. The Balaban J connectivity index is 1.38. The van der Waals surface area contributed by atoms with E-state index in [1.165, 1.54) is 17.3 Å². The summed E-state index contributed by atoms with van der Waals surface area (Å²) in [5, 5.41) is 12.0. The Hall–Kier alpha value is -3.00. The Morgan fingerprint density at radius 3 is 2.64 bits per heavy atom. The summed E-state index contributed by atoms with van der Waals surface area (Å²) in [7, 11) is 1.90. The van der Waals surface area contributed by atoms with E-state index in [0.29, 0.717) is 35.6 Å². The molecule has 3 aromatic rings. The molecule has 1 aromatic heterocycles. The lowest BCUT2D eigenvalue weighted by atomic mass is 10.1. The summed E-state index contributed by atoms with van der Waals surface area (Å²) in [6.07, 6.45) is 0. The minimum Gasteiger partial charge on any atom is -0.486 e. The summed E-state index contributed by atoms with van der Waals surface area (Å²) < 4.78 is 12.9. The van der Waals surface area contributed by atoms with E-state index in [1.807, 2.05) is 42.8 Å². The first kappa shape index (κ1) is 18.4. The summed E-state index contributed by atoms with van der Waals surface area (Å²) >= 11 is 1.34. The third-order valence-electron chi connectivity index (χ3n) is 4.30. The van der Waals surface area contributed by atoms with Crippen molar-refractivity contribution in [1.82, 2.24) is 14.8 Å². The highest BCUT2D eigenvalue weighted by atomic mass is 32.2. The van der Waals surface area contributed by atoms with E-state index in [2.05, 4.69) is 15.5 Å². The largest absolute Gasteiger partial charge is 0.486 e. The average Bonchev–Trinajstić information content (AvgIpc) is 3.07. The van der Waals surface area contributed by atoms with Gasteiger partial charge in [-0.05, 0) is 19.1 Å². The van der Waals surface area contributed by atoms with E-state index < -0.39 is 0 Å². The Morgan fingerprint density at radius 2 is 1.86 bits per heavy atom. The number of carbonyl (C=O) groups excluding carboxylic acids is 1. The molecule has 0 bridgehead atoms. The number of fused-ring (bicyclic) bond motifs is 1. The Morgan fingerprint density at radius 1 is 1.11 bits per heavy atom. The van der Waals surface area contributed by atoms with Gasteiger partial charge in [-0.2, -0.15) is 0 Å². The number of rotatable bonds is 5. The summed E-state index contributed by atoms with van der Waals surface area (Å²) in [4.78, 5) is 12.3. The molecule has 1 N–H and O–H groups in total. The molecule has 7 nitrogen and oxygen atoms in total. The van der Waals surface area contributed by atoms with Gasteiger partial charge in [0.15, 0.2) is 22.5 Å². The van der Waals surface area contributed by atoms with Crippen LogP contribution in [0, 0.1) is 6.92 Å². The second kappa shape index (κ2) is 7.93. The molecular formula is C20H20N4O3S. The van der Waals surface area contributed by atoms with Gasteiger partial charge in [0.25, 0.3) is 0 Å². The Kier molecular flexibility index (Phi) is 5.21. The van der Waals surface area contributed by atoms with Crippen molar-refractivity contribution >= 4 is 23.4 Å². The van der Waals surface area contributed by atoms with Gasteiger partial charge >= 0.3 is 0 Å². The molecule has 0 unspecified atom stereocenters. The topological polar surface area (TPSA) is 78.3 Å². The quantitative estimate of drug-likeness (QED) is 0.667. The number of nitrogens with zero attached hydrogens (tertiary/aromatic N) is 3. The van der Waals surface area contributed by atoms with E-state index >= 15 is 0 Å². The van der Waals surface area contributed by atoms with E-state index in [1.54, 1.807) is 18.2 Å². The highest BCUT2D eigenvalue weighted by Gasteiger charge is 2.15. The average molecular weight is 396 g/mol. The number of anilines is 1. The second-order valence-electron chi connectivity index (χ2n) is 6.43. The molecule has 1 aliphatic heterocycles. The molecule has 0 radical (unpaired) electrons. The molecule has 4 rings (SSSR count). The maximum atomic E-state index is 12.3. The lowest BCUT2D eigenvalue weighted by Gasteiger charge is -2.18. The summed E-state index contributed by atoms with van der Waals surface area (Å²) in [5.41, 5.74) is 2.86. The van der Waals surface area contributed by atoms with Gasteiger partial charge in [0.1, 0.15) is 13.2 Å². The molecule has 0 fully saturated rings. The number of benzene rings is 2. The number of nitrogens with one attached hydrogen (secondary N) is 1. The maximum Gasteiger partial charge on any atom is 0.234 e. The van der Waals surface area contributed by atoms with Crippen LogP contribution in [0.4, 0.5) is 5.69 Å². The van der Waals surface area contributed by atoms with Crippen molar-refractivity contribution in [3.8, 4) is 22.9 Å². The van der Waals surface area contributed by atoms with Crippen LogP contribution in [0.1, 0.15) is 5.56 Å². The van der Waals surface area contributed by atoms with E-state index in [0.717, 1.165) is 11.4 Å². The third kappa shape index (κ3) is 3.96. The van der Waals surface area contributed by atoms with Crippen molar-refractivity contribution in [2.75, 3.05) is 24.3 Å².